The second-order valence-corrected chi connectivity index (χ2v) is 7.09. The summed E-state index contributed by atoms with van der Waals surface area (Å²) in [7, 11) is 0. The largest absolute Gasteiger partial charge is 0.355 e. The highest BCUT2D eigenvalue weighted by Gasteiger charge is 2.13. The molecule has 0 bridgehead atoms. The topological polar surface area (TPSA) is 64.0 Å². The Hall–Kier alpha value is -2.34. The van der Waals surface area contributed by atoms with Crippen LogP contribution in [0.1, 0.15) is 26.7 Å². The minimum atomic E-state index is -0.0582. The van der Waals surface area contributed by atoms with Crippen LogP contribution in [0.3, 0.4) is 0 Å². The van der Waals surface area contributed by atoms with Gasteiger partial charge in [0.05, 0.1) is 16.7 Å². The fraction of sp³-hybridized carbons (Fsp3) is 0.350. The molecular weight excluding hydrogens is 346 g/mol. The number of aromatic nitrogens is 2. The lowest BCUT2D eigenvalue weighted by atomic mass is 10.1. The number of fused-ring (bicyclic) bond motifs is 2. The molecule has 0 fully saturated rings. The smallest absolute Gasteiger partial charge is 0.262 e. The number of carbonyl (C=O) groups is 1. The van der Waals surface area contributed by atoms with Crippen LogP contribution in [0.25, 0.3) is 21.7 Å². The predicted octanol–water partition coefficient (Wildman–Crippen LogP) is 3.58. The highest BCUT2D eigenvalue weighted by Crippen LogP contribution is 2.22. The zero-order valence-corrected chi connectivity index (χ0v) is 15.9. The Bertz CT molecular complexity index is 997. The van der Waals surface area contributed by atoms with E-state index >= 15 is 0 Å². The van der Waals surface area contributed by atoms with Gasteiger partial charge in [-0.1, -0.05) is 49.4 Å². The molecule has 0 aliphatic rings. The molecule has 2 aromatic carbocycles. The molecule has 0 saturated heterocycles. The summed E-state index contributed by atoms with van der Waals surface area (Å²) in [6.07, 6.45) is 2.01. The number of thioether (sulfide) groups is 1. The van der Waals surface area contributed by atoms with Crippen molar-refractivity contribution in [1.29, 1.82) is 0 Å². The van der Waals surface area contributed by atoms with Crippen LogP contribution in [-0.2, 0) is 11.3 Å². The van der Waals surface area contributed by atoms with E-state index in [-0.39, 0.29) is 17.2 Å². The first kappa shape index (κ1) is 18.5. The molecule has 0 aliphatic heterocycles. The fourth-order valence-electron chi connectivity index (χ4n) is 2.86. The highest BCUT2D eigenvalue weighted by atomic mass is 32.2. The van der Waals surface area contributed by atoms with Gasteiger partial charge in [-0.05, 0) is 36.2 Å². The van der Waals surface area contributed by atoms with E-state index in [9.17, 15) is 9.59 Å². The van der Waals surface area contributed by atoms with Crippen LogP contribution in [0, 0.1) is 0 Å². The van der Waals surface area contributed by atoms with Crippen LogP contribution in [0.15, 0.2) is 46.3 Å². The number of benzene rings is 2. The van der Waals surface area contributed by atoms with E-state index in [0.29, 0.717) is 29.1 Å². The summed E-state index contributed by atoms with van der Waals surface area (Å²) in [4.78, 5) is 29.5. The Morgan fingerprint density at radius 1 is 1.19 bits per heavy atom. The molecule has 0 spiro atoms. The van der Waals surface area contributed by atoms with Gasteiger partial charge in [-0.2, -0.15) is 0 Å². The van der Waals surface area contributed by atoms with Gasteiger partial charge < -0.3 is 5.32 Å². The van der Waals surface area contributed by atoms with E-state index in [1.165, 1.54) is 11.8 Å². The Balaban J connectivity index is 1.93. The first-order valence-electron chi connectivity index (χ1n) is 8.97. The molecule has 26 heavy (non-hydrogen) atoms. The zero-order chi connectivity index (χ0) is 18.5. The van der Waals surface area contributed by atoms with E-state index in [4.69, 9.17) is 0 Å². The van der Waals surface area contributed by atoms with E-state index in [0.717, 1.165) is 23.6 Å². The highest BCUT2D eigenvalue weighted by molar-refractivity contribution is 7.99. The van der Waals surface area contributed by atoms with Crippen molar-refractivity contribution in [2.45, 2.75) is 38.4 Å². The van der Waals surface area contributed by atoms with Crippen LogP contribution in [-0.4, -0.2) is 27.8 Å². The van der Waals surface area contributed by atoms with Gasteiger partial charge in [-0.15, -0.1) is 0 Å². The summed E-state index contributed by atoms with van der Waals surface area (Å²) in [5.74, 6) is 0.230. The lowest BCUT2D eigenvalue weighted by Crippen LogP contribution is -2.27. The van der Waals surface area contributed by atoms with E-state index in [2.05, 4.69) is 17.2 Å². The zero-order valence-electron chi connectivity index (χ0n) is 15.1. The SMILES string of the molecule is CCCCNC(=O)CSc1nc2cc3ccccc3cc2c(=O)n1CC. The van der Waals surface area contributed by atoms with Gasteiger partial charge in [-0.25, -0.2) is 4.98 Å². The van der Waals surface area contributed by atoms with Crippen molar-refractivity contribution in [3.8, 4) is 0 Å². The molecule has 0 atom stereocenters. The quantitative estimate of drug-likeness (QED) is 0.299. The van der Waals surface area contributed by atoms with Crippen molar-refractivity contribution in [1.82, 2.24) is 14.9 Å². The predicted molar refractivity (Wildman–Crippen MR) is 108 cm³/mol. The first-order valence-corrected chi connectivity index (χ1v) is 9.95. The first-order chi connectivity index (χ1) is 12.6. The van der Waals surface area contributed by atoms with Gasteiger partial charge in [0.15, 0.2) is 5.16 Å². The van der Waals surface area contributed by atoms with Gasteiger partial charge in [0.2, 0.25) is 5.91 Å². The second kappa shape index (κ2) is 8.36. The van der Waals surface area contributed by atoms with Crippen LogP contribution >= 0.6 is 11.8 Å². The average Bonchev–Trinajstić information content (AvgIpc) is 2.65. The van der Waals surface area contributed by atoms with E-state index in [1.807, 2.05) is 43.3 Å². The monoisotopic (exact) mass is 369 g/mol. The van der Waals surface area contributed by atoms with Crippen LogP contribution in [0.4, 0.5) is 0 Å². The summed E-state index contributed by atoms with van der Waals surface area (Å²) in [5, 5.41) is 6.17. The van der Waals surface area contributed by atoms with E-state index < -0.39 is 0 Å². The third-order valence-electron chi connectivity index (χ3n) is 4.29. The maximum absolute atomic E-state index is 12.9. The minimum absolute atomic E-state index is 0.0287. The Morgan fingerprint density at radius 3 is 2.62 bits per heavy atom. The Kier molecular flexibility index (Phi) is 5.93. The Morgan fingerprint density at radius 2 is 1.92 bits per heavy atom. The molecule has 136 valence electrons. The molecule has 3 aromatic rings. The Labute approximate surface area is 156 Å². The van der Waals surface area contributed by atoms with Gasteiger partial charge in [0.25, 0.3) is 5.56 Å². The number of nitrogens with zero attached hydrogens (tertiary/aromatic N) is 2. The molecule has 1 amide bonds. The number of nitrogens with one attached hydrogen (secondary N) is 1. The molecule has 6 heteroatoms. The molecule has 3 rings (SSSR count). The lowest BCUT2D eigenvalue weighted by Gasteiger charge is -2.12. The third-order valence-corrected chi connectivity index (χ3v) is 5.26. The van der Waals surface area contributed by atoms with Crippen LogP contribution < -0.4 is 10.9 Å². The van der Waals surface area contributed by atoms with Gasteiger partial charge in [0.1, 0.15) is 0 Å². The second-order valence-electron chi connectivity index (χ2n) is 6.15. The lowest BCUT2D eigenvalue weighted by molar-refractivity contribution is -0.118. The standard InChI is InChI=1S/C20H23N3O2S/c1-3-5-10-21-18(24)13-26-20-22-17-12-15-9-7-6-8-14(15)11-16(17)19(25)23(20)4-2/h6-9,11-12H,3-5,10,13H2,1-2H3,(H,21,24). The van der Waals surface area contributed by atoms with Gasteiger partial charge >= 0.3 is 0 Å². The van der Waals surface area contributed by atoms with Gasteiger partial charge in [-0.3, -0.25) is 14.2 Å². The van der Waals surface area contributed by atoms with Gasteiger partial charge in [0, 0.05) is 13.1 Å². The number of rotatable bonds is 7. The van der Waals surface area contributed by atoms with E-state index in [1.54, 1.807) is 4.57 Å². The summed E-state index contributed by atoms with van der Waals surface area (Å²) in [5.41, 5.74) is 0.615. The summed E-state index contributed by atoms with van der Waals surface area (Å²) >= 11 is 1.31. The van der Waals surface area contributed by atoms with Crippen molar-refractivity contribution in [3.05, 3.63) is 46.8 Å². The number of carbonyl (C=O) groups excluding carboxylic acids is 1. The number of hydrogen-bond acceptors (Lipinski definition) is 4. The molecule has 0 radical (unpaired) electrons. The molecular formula is C20H23N3O2S. The number of unbranched alkanes of at least 4 members (excludes halogenated alkanes) is 1. The average molecular weight is 369 g/mol. The summed E-state index contributed by atoms with van der Waals surface area (Å²) in [6, 6.07) is 11.8. The summed E-state index contributed by atoms with van der Waals surface area (Å²) < 4.78 is 1.64. The number of amides is 1. The van der Waals surface area contributed by atoms with Crippen molar-refractivity contribution >= 4 is 39.3 Å². The maximum Gasteiger partial charge on any atom is 0.262 e. The summed E-state index contributed by atoms with van der Waals surface area (Å²) in [6.45, 7) is 5.22. The van der Waals surface area contributed by atoms with Crippen molar-refractivity contribution < 1.29 is 4.79 Å². The van der Waals surface area contributed by atoms with Crippen molar-refractivity contribution in [2.75, 3.05) is 12.3 Å². The molecule has 1 aromatic heterocycles. The minimum Gasteiger partial charge on any atom is -0.355 e. The van der Waals surface area contributed by atoms with Crippen LogP contribution in [0.5, 0.6) is 0 Å². The third kappa shape index (κ3) is 3.90. The molecule has 0 saturated carbocycles. The normalized spacial score (nSPS) is 11.2. The van der Waals surface area contributed by atoms with Crippen LogP contribution in [0.2, 0.25) is 0 Å². The molecule has 1 heterocycles. The van der Waals surface area contributed by atoms with Crippen molar-refractivity contribution in [2.24, 2.45) is 0 Å². The molecule has 0 unspecified atom stereocenters. The molecule has 5 nitrogen and oxygen atoms in total. The molecule has 0 aliphatic carbocycles. The van der Waals surface area contributed by atoms with Crippen molar-refractivity contribution in [3.63, 3.8) is 0 Å². The number of hydrogen-bond donors (Lipinski definition) is 1. The maximum atomic E-state index is 12.9. The molecule has 1 N–H and O–H groups in total. The fourth-order valence-corrected chi connectivity index (χ4v) is 3.76.